The van der Waals surface area contributed by atoms with Gasteiger partial charge < -0.3 is 9.80 Å². The SMILES string of the molecule is CCN(CC)C(=O)CN1CCSc2ccccc21. The summed E-state index contributed by atoms with van der Waals surface area (Å²) >= 11 is 1.87. The summed E-state index contributed by atoms with van der Waals surface area (Å²) in [4.78, 5) is 17.5. The van der Waals surface area contributed by atoms with Crippen molar-refractivity contribution in [3.63, 3.8) is 0 Å². The van der Waals surface area contributed by atoms with Gasteiger partial charge in [0.15, 0.2) is 0 Å². The van der Waals surface area contributed by atoms with Crippen LogP contribution in [0.3, 0.4) is 0 Å². The molecule has 0 radical (unpaired) electrons. The third-order valence-electron chi connectivity index (χ3n) is 3.27. The van der Waals surface area contributed by atoms with E-state index in [0.717, 1.165) is 25.4 Å². The van der Waals surface area contributed by atoms with E-state index in [0.29, 0.717) is 6.54 Å². The van der Waals surface area contributed by atoms with Crippen LogP contribution >= 0.6 is 11.8 Å². The predicted octanol–water partition coefficient (Wildman–Crippen LogP) is 2.47. The number of hydrogen-bond donors (Lipinski definition) is 0. The molecular weight excluding hydrogens is 244 g/mol. The molecule has 1 heterocycles. The summed E-state index contributed by atoms with van der Waals surface area (Å²) in [6, 6.07) is 8.34. The molecule has 0 spiro atoms. The van der Waals surface area contributed by atoms with E-state index in [9.17, 15) is 4.79 Å². The largest absolute Gasteiger partial charge is 0.360 e. The summed E-state index contributed by atoms with van der Waals surface area (Å²) < 4.78 is 0. The van der Waals surface area contributed by atoms with E-state index in [1.807, 2.05) is 36.6 Å². The number of nitrogens with zero attached hydrogens (tertiary/aromatic N) is 2. The summed E-state index contributed by atoms with van der Waals surface area (Å²) in [5, 5.41) is 0. The van der Waals surface area contributed by atoms with Crippen LogP contribution in [0.2, 0.25) is 0 Å². The lowest BCUT2D eigenvalue weighted by atomic mass is 10.2. The molecule has 0 atom stereocenters. The van der Waals surface area contributed by atoms with Crippen LogP contribution in [0.15, 0.2) is 29.2 Å². The van der Waals surface area contributed by atoms with Crippen LogP contribution in [0, 0.1) is 0 Å². The third kappa shape index (κ3) is 2.80. The average molecular weight is 264 g/mol. The fourth-order valence-electron chi connectivity index (χ4n) is 2.23. The predicted molar refractivity (Wildman–Crippen MR) is 77.3 cm³/mol. The van der Waals surface area contributed by atoms with Gasteiger partial charge in [-0.05, 0) is 26.0 Å². The number of thioether (sulfide) groups is 1. The van der Waals surface area contributed by atoms with Crippen molar-refractivity contribution < 1.29 is 4.79 Å². The fourth-order valence-corrected chi connectivity index (χ4v) is 3.28. The average Bonchev–Trinajstić information content (AvgIpc) is 2.40. The van der Waals surface area contributed by atoms with Crippen LogP contribution in [-0.4, -0.2) is 42.7 Å². The molecule has 1 aromatic rings. The number of hydrogen-bond acceptors (Lipinski definition) is 3. The summed E-state index contributed by atoms with van der Waals surface area (Å²) in [7, 11) is 0. The van der Waals surface area contributed by atoms with E-state index >= 15 is 0 Å². The zero-order valence-electron chi connectivity index (χ0n) is 11.1. The zero-order valence-corrected chi connectivity index (χ0v) is 11.9. The molecule has 0 N–H and O–H groups in total. The molecule has 1 aliphatic heterocycles. The van der Waals surface area contributed by atoms with Crippen molar-refractivity contribution in [2.45, 2.75) is 18.7 Å². The molecule has 1 aromatic carbocycles. The summed E-state index contributed by atoms with van der Waals surface area (Å²) in [6.45, 7) is 7.09. The lowest BCUT2D eigenvalue weighted by Crippen LogP contribution is -2.42. The standard InChI is InChI=1S/C14H20N2OS/c1-3-15(4-2)14(17)11-16-9-10-18-13-8-6-5-7-12(13)16/h5-8H,3-4,9-11H2,1-2H3. The highest BCUT2D eigenvalue weighted by Crippen LogP contribution is 2.33. The molecule has 3 nitrogen and oxygen atoms in total. The molecule has 0 saturated heterocycles. The molecule has 0 bridgehead atoms. The maximum atomic E-state index is 12.2. The first-order valence-corrected chi connectivity index (χ1v) is 7.49. The van der Waals surface area contributed by atoms with Gasteiger partial charge in [0, 0.05) is 30.3 Å². The summed E-state index contributed by atoms with van der Waals surface area (Å²) in [5.74, 6) is 1.28. The highest BCUT2D eigenvalue weighted by atomic mass is 32.2. The number of carbonyl (C=O) groups is 1. The number of likely N-dealkylation sites (N-methyl/N-ethyl adjacent to an activating group) is 1. The Hall–Kier alpha value is -1.16. The Morgan fingerprint density at radius 1 is 1.33 bits per heavy atom. The van der Waals surface area contributed by atoms with Crippen molar-refractivity contribution in [1.29, 1.82) is 0 Å². The van der Waals surface area contributed by atoms with E-state index in [-0.39, 0.29) is 5.91 Å². The van der Waals surface area contributed by atoms with Gasteiger partial charge >= 0.3 is 0 Å². The van der Waals surface area contributed by atoms with Crippen LogP contribution in [0.5, 0.6) is 0 Å². The number of anilines is 1. The van der Waals surface area contributed by atoms with Gasteiger partial charge in [-0.15, -0.1) is 11.8 Å². The lowest BCUT2D eigenvalue weighted by Gasteiger charge is -2.32. The van der Waals surface area contributed by atoms with Crippen molar-refractivity contribution in [2.24, 2.45) is 0 Å². The monoisotopic (exact) mass is 264 g/mol. The van der Waals surface area contributed by atoms with Crippen LogP contribution in [0.1, 0.15) is 13.8 Å². The van der Waals surface area contributed by atoms with Crippen LogP contribution in [0.25, 0.3) is 0 Å². The van der Waals surface area contributed by atoms with Crippen LogP contribution < -0.4 is 4.90 Å². The van der Waals surface area contributed by atoms with Crippen molar-refractivity contribution in [3.8, 4) is 0 Å². The highest BCUT2D eigenvalue weighted by molar-refractivity contribution is 7.99. The molecule has 2 rings (SSSR count). The minimum Gasteiger partial charge on any atom is -0.360 e. The normalized spacial score (nSPS) is 14.2. The second-order valence-corrected chi connectivity index (χ2v) is 5.44. The maximum Gasteiger partial charge on any atom is 0.242 e. The van der Waals surface area contributed by atoms with E-state index in [4.69, 9.17) is 0 Å². The van der Waals surface area contributed by atoms with E-state index in [1.165, 1.54) is 10.6 Å². The van der Waals surface area contributed by atoms with Crippen LogP contribution in [-0.2, 0) is 4.79 Å². The van der Waals surface area contributed by atoms with Gasteiger partial charge in [-0.1, -0.05) is 12.1 Å². The Kier molecular flexibility index (Phi) is 4.53. The Morgan fingerprint density at radius 3 is 2.78 bits per heavy atom. The van der Waals surface area contributed by atoms with Gasteiger partial charge in [0.2, 0.25) is 5.91 Å². The number of amides is 1. The highest BCUT2D eigenvalue weighted by Gasteiger charge is 2.20. The summed E-state index contributed by atoms with van der Waals surface area (Å²) in [5.41, 5.74) is 1.20. The van der Waals surface area contributed by atoms with Gasteiger partial charge in [-0.2, -0.15) is 0 Å². The number of carbonyl (C=O) groups excluding carboxylic acids is 1. The first-order chi connectivity index (χ1) is 8.76. The number of fused-ring (bicyclic) bond motifs is 1. The number of rotatable bonds is 4. The zero-order chi connectivity index (χ0) is 13.0. The van der Waals surface area contributed by atoms with Crippen molar-refractivity contribution in [2.75, 3.05) is 36.8 Å². The minimum atomic E-state index is 0.224. The van der Waals surface area contributed by atoms with Gasteiger partial charge in [-0.3, -0.25) is 4.79 Å². The maximum absolute atomic E-state index is 12.2. The van der Waals surface area contributed by atoms with E-state index < -0.39 is 0 Å². The molecule has 0 fully saturated rings. The topological polar surface area (TPSA) is 23.6 Å². The Morgan fingerprint density at radius 2 is 2.06 bits per heavy atom. The molecule has 0 aromatic heterocycles. The Bertz CT molecular complexity index is 418. The van der Waals surface area contributed by atoms with Gasteiger partial charge in [0.25, 0.3) is 0 Å². The van der Waals surface area contributed by atoms with Crippen molar-refractivity contribution >= 4 is 23.4 Å². The molecule has 0 unspecified atom stereocenters. The van der Waals surface area contributed by atoms with Crippen LogP contribution in [0.4, 0.5) is 5.69 Å². The molecule has 1 amide bonds. The molecule has 18 heavy (non-hydrogen) atoms. The molecule has 0 saturated carbocycles. The first kappa shape index (κ1) is 13.3. The van der Waals surface area contributed by atoms with Gasteiger partial charge in [0.1, 0.15) is 0 Å². The minimum absolute atomic E-state index is 0.224. The second kappa shape index (κ2) is 6.14. The third-order valence-corrected chi connectivity index (χ3v) is 4.31. The molecule has 0 aliphatic carbocycles. The van der Waals surface area contributed by atoms with Crippen molar-refractivity contribution in [3.05, 3.63) is 24.3 Å². The van der Waals surface area contributed by atoms with Gasteiger partial charge in [0.05, 0.1) is 12.2 Å². The number of para-hydroxylation sites is 1. The van der Waals surface area contributed by atoms with Gasteiger partial charge in [-0.25, -0.2) is 0 Å². The van der Waals surface area contributed by atoms with E-state index in [2.05, 4.69) is 23.1 Å². The molecule has 1 aliphatic rings. The molecule has 98 valence electrons. The fraction of sp³-hybridized carbons (Fsp3) is 0.500. The van der Waals surface area contributed by atoms with Crippen molar-refractivity contribution in [1.82, 2.24) is 4.90 Å². The first-order valence-electron chi connectivity index (χ1n) is 6.50. The lowest BCUT2D eigenvalue weighted by molar-refractivity contribution is -0.129. The summed E-state index contributed by atoms with van der Waals surface area (Å²) in [6.07, 6.45) is 0. The van der Waals surface area contributed by atoms with E-state index in [1.54, 1.807) is 0 Å². The molecule has 4 heteroatoms. The quantitative estimate of drug-likeness (QED) is 0.834. The molecular formula is C14H20N2OS. The Labute approximate surface area is 113 Å². The Balaban J connectivity index is 2.09. The number of benzene rings is 1. The second-order valence-electron chi connectivity index (χ2n) is 4.30. The smallest absolute Gasteiger partial charge is 0.242 e.